The second kappa shape index (κ2) is 9.54. The molecule has 1 aromatic heterocycles. The molecule has 0 spiro atoms. The first kappa shape index (κ1) is 21.9. The number of nitrogens with zero attached hydrogens (tertiary/aromatic N) is 1. The summed E-state index contributed by atoms with van der Waals surface area (Å²) in [4.78, 5) is 0. The Morgan fingerprint density at radius 2 is 1.78 bits per heavy atom. The van der Waals surface area contributed by atoms with Crippen molar-refractivity contribution >= 4 is 0 Å². The maximum Gasteiger partial charge on any atom is 0.145 e. The van der Waals surface area contributed by atoms with Gasteiger partial charge in [0.1, 0.15) is 23.8 Å². The lowest BCUT2D eigenvalue weighted by Gasteiger charge is -2.26. The Morgan fingerprint density at radius 1 is 1.00 bits per heavy atom. The third kappa shape index (κ3) is 4.87. The average Bonchev–Trinajstić information content (AvgIpc) is 3.53. The molecule has 2 aromatic rings. The van der Waals surface area contributed by atoms with Crippen LogP contribution in [0.4, 0.5) is 0 Å². The number of benzene rings is 1. The molecule has 32 heavy (non-hydrogen) atoms. The van der Waals surface area contributed by atoms with Crippen LogP contribution in [-0.4, -0.2) is 36.7 Å². The molecule has 3 fully saturated rings. The quantitative estimate of drug-likeness (QED) is 0.586. The van der Waals surface area contributed by atoms with Crippen LogP contribution in [-0.2, 0) is 27.4 Å². The van der Waals surface area contributed by atoms with Crippen LogP contribution in [0.25, 0.3) is 0 Å². The molecule has 2 saturated carbocycles. The molecule has 174 valence electrons. The molecule has 1 saturated heterocycles. The van der Waals surface area contributed by atoms with Crippen molar-refractivity contribution in [1.29, 1.82) is 0 Å². The zero-order valence-electron chi connectivity index (χ0n) is 19.5. The van der Waals surface area contributed by atoms with E-state index in [0.29, 0.717) is 38.3 Å². The lowest BCUT2D eigenvalue weighted by Crippen LogP contribution is -2.29. The Bertz CT molecular complexity index is 901. The van der Waals surface area contributed by atoms with Gasteiger partial charge in [-0.2, -0.15) is 0 Å². The molecule has 5 rings (SSSR count). The van der Waals surface area contributed by atoms with Gasteiger partial charge in [0, 0.05) is 17.9 Å². The summed E-state index contributed by atoms with van der Waals surface area (Å²) in [6.07, 6.45) is 5.80. The number of ether oxygens (including phenoxy) is 4. The first-order valence-corrected chi connectivity index (χ1v) is 12.1. The standard InChI is InChI=1S/C26H35NO5/c1-16-5-4-6-17(2)25(16)31-15-23-22(26(32-27-23)19-7-8-19)14-30-21-12-20-11-18(3)24(13-21)29-10-9-28-20/h4-6,18-21,24H,7-15H2,1-3H3/t18-,20+,21+,24+/m0/s1. The predicted octanol–water partition coefficient (Wildman–Crippen LogP) is 5.24. The van der Waals surface area contributed by atoms with Crippen molar-refractivity contribution in [2.45, 2.75) is 90.3 Å². The van der Waals surface area contributed by atoms with Gasteiger partial charge < -0.3 is 23.5 Å². The Labute approximate surface area is 190 Å². The molecule has 0 amide bonds. The van der Waals surface area contributed by atoms with Crippen LogP contribution in [0.5, 0.6) is 5.75 Å². The van der Waals surface area contributed by atoms with Crippen LogP contribution < -0.4 is 4.74 Å². The summed E-state index contributed by atoms with van der Waals surface area (Å²) < 4.78 is 30.6. The van der Waals surface area contributed by atoms with E-state index in [1.807, 2.05) is 0 Å². The molecule has 1 aromatic carbocycles. The lowest BCUT2D eigenvalue weighted by molar-refractivity contribution is -0.0682. The van der Waals surface area contributed by atoms with E-state index in [2.05, 4.69) is 44.1 Å². The molecule has 0 radical (unpaired) electrons. The van der Waals surface area contributed by atoms with Crippen LogP contribution in [0, 0.1) is 19.8 Å². The fourth-order valence-corrected chi connectivity index (χ4v) is 5.12. The highest BCUT2D eigenvalue weighted by Crippen LogP contribution is 2.43. The van der Waals surface area contributed by atoms with Gasteiger partial charge in [-0.25, -0.2) is 0 Å². The van der Waals surface area contributed by atoms with Crippen LogP contribution in [0.3, 0.4) is 0 Å². The summed E-state index contributed by atoms with van der Waals surface area (Å²) in [5, 5.41) is 4.39. The van der Waals surface area contributed by atoms with Crippen LogP contribution in [0.1, 0.15) is 73.1 Å². The van der Waals surface area contributed by atoms with Gasteiger partial charge in [-0.1, -0.05) is 30.3 Å². The van der Waals surface area contributed by atoms with Crippen molar-refractivity contribution in [3.8, 4) is 5.75 Å². The fraction of sp³-hybridized carbons (Fsp3) is 0.654. The van der Waals surface area contributed by atoms with E-state index < -0.39 is 0 Å². The molecule has 0 unspecified atom stereocenters. The van der Waals surface area contributed by atoms with Gasteiger partial charge >= 0.3 is 0 Å². The number of para-hydroxylation sites is 1. The van der Waals surface area contributed by atoms with Gasteiger partial charge in [-0.15, -0.1) is 0 Å². The normalized spacial score (nSPS) is 28.2. The van der Waals surface area contributed by atoms with Crippen molar-refractivity contribution in [2.24, 2.45) is 5.92 Å². The SMILES string of the molecule is Cc1cccc(C)c1OCc1noc(C2CC2)c1CO[C@@H]1C[C@H]2C[C@H](C)[C@@H](C1)OCCO2. The third-order valence-electron chi connectivity index (χ3n) is 7.13. The Morgan fingerprint density at radius 3 is 2.56 bits per heavy atom. The highest BCUT2D eigenvalue weighted by atomic mass is 16.5. The van der Waals surface area contributed by atoms with Gasteiger partial charge in [0.25, 0.3) is 0 Å². The first-order valence-electron chi connectivity index (χ1n) is 12.1. The summed E-state index contributed by atoms with van der Waals surface area (Å²) in [5.74, 6) is 2.87. The van der Waals surface area contributed by atoms with Crippen LogP contribution in [0.15, 0.2) is 22.7 Å². The minimum absolute atomic E-state index is 0.113. The van der Waals surface area contributed by atoms with Crippen molar-refractivity contribution in [2.75, 3.05) is 13.2 Å². The van der Waals surface area contributed by atoms with Gasteiger partial charge in [-0.05, 0) is 56.6 Å². The maximum absolute atomic E-state index is 6.49. The number of rotatable bonds is 7. The highest BCUT2D eigenvalue weighted by Gasteiger charge is 2.36. The number of fused-ring (bicyclic) bond motifs is 3. The molecule has 0 N–H and O–H groups in total. The second-order valence-corrected chi connectivity index (χ2v) is 9.78. The minimum atomic E-state index is 0.113. The smallest absolute Gasteiger partial charge is 0.145 e. The summed E-state index contributed by atoms with van der Waals surface area (Å²) in [6, 6.07) is 6.19. The van der Waals surface area contributed by atoms with Crippen LogP contribution in [0.2, 0.25) is 0 Å². The summed E-state index contributed by atoms with van der Waals surface area (Å²) in [7, 11) is 0. The molecule has 2 aliphatic carbocycles. The summed E-state index contributed by atoms with van der Waals surface area (Å²) in [5.41, 5.74) is 4.18. The van der Waals surface area contributed by atoms with E-state index in [-0.39, 0.29) is 18.3 Å². The fourth-order valence-electron chi connectivity index (χ4n) is 5.12. The van der Waals surface area contributed by atoms with Crippen molar-refractivity contribution < 1.29 is 23.5 Å². The molecule has 6 nitrogen and oxygen atoms in total. The summed E-state index contributed by atoms with van der Waals surface area (Å²) in [6.45, 7) is 8.65. The third-order valence-corrected chi connectivity index (χ3v) is 7.13. The topological polar surface area (TPSA) is 63.0 Å². The first-order chi connectivity index (χ1) is 15.6. The molecule has 3 aliphatic rings. The highest BCUT2D eigenvalue weighted by molar-refractivity contribution is 5.40. The largest absolute Gasteiger partial charge is 0.487 e. The Kier molecular flexibility index (Phi) is 6.54. The summed E-state index contributed by atoms with van der Waals surface area (Å²) >= 11 is 0. The van der Waals surface area contributed by atoms with Gasteiger partial charge in [0.2, 0.25) is 0 Å². The van der Waals surface area contributed by atoms with E-state index in [9.17, 15) is 0 Å². The van der Waals surface area contributed by atoms with Gasteiger partial charge in [-0.3, -0.25) is 0 Å². The average molecular weight is 442 g/mol. The maximum atomic E-state index is 6.49. The predicted molar refractivity (Wildman–Crippen MR) is 120 cm³/mol. The molecule has 1 aliphatic heterocycles. The van der Waals surface area contributed by atoms with Gasteiger partial charge in [0.15, 0.2) is 0 Å². The van der Waals surface area contributed by atoms with Gasteiger partial charge in [0.05, 0.1) is 38.1 Å². The van der Waals surface area contributed by atoms with E-state index in [1.165, 1.54) is 0 Å². The molecule has 4 atom stereocenters. The number of hydrogen-bond acceptors (Lipinski definition) is 6. The van der Waals surface area contributed by atoms with E-state index in [4.69, 9.17) is 23.5 Å². The molecule has 2 heterocycles. The monoisotopic (exact) mass is 441 g/mol. The van der Waals surface area contributed by atoms with E-state index in [1.54, 1.807) is 0 Å². The molecular formula is C26H35NO5. The Balaban J connectivity index is 1.29. The Hall–Kier alpha value is -1.89. The molecule has 2 bridgehead atoms. The van der Waals surface area contributed by atoms with Crippen molar-refractivity contribution in [3.05, 3.63) is 46.3 Å². The zero-order chi connectivity index (χ0) is 22.1. The van der Waals surface area contributed by atoms with E-state index >= 15 is 0 Å². The molecular weight excluding hydrogens is 406 g/mol. The number of aromatic nitrogens is 1. The number of hydrogen-bond donors (Lipinski definition) is 0. The van der Waals surface area contributed by atoms with E-state index in [0.717, 1.165) is 66.0 Å². The zero-order valence-corrected chi connectivity index (χ0v) is 19.5. The second-order valence-electron chi connectivity index (χ2n) is 9.78. The van der Waals surface area contributed by atoms with Crippen molar-refractivity contribution in [1.82, 2.24) is 5.16 Å². The minimum Gasteiger partial charge on any atom is -0.487 e. The molecule has 6 heteroatoms. The van der Waals surface area contributed by atoms with Crippen molar-refractivity contribution in [3.63, 3.8) is 0 Å². The lowest BCUT2D eigenvalue weighted by atomic mass is 9.98. The number of aryl methyl sites for hydroxylation is 2. The van der Waals surface area contributed by atoms with Crippen LogP contribution >= 0.6 is 0 Å².